The van der Waals surface area contributed by atoms with E-state index in [0.29, 0.717) is 6.29 Å². The molecule has 0 fully saturated rings. The predicted molar refractivity (Wildman–Crippen MR) is 58.9 cm³/mol. The molecule has 0 aromatic heterocycles. The number of phenols is 1. The summed E-state index contributed by atoms with van der Waals surface area (Å²) in [5, 5.41) is 9.50. The Morgan fingerprint density at radius 3 is 2.19 bits per heavy atom. The second kappa shape index (κ2) is 4.14. The van der Waals surface area contributed by atoms with Crippen LogP contribution < -0.4 is 0 Å². The molecule has 2 rings (SSSR count). The van der Waals surface area contributed by atoms with E-state index < -0.39 is 0 Å². The number of hydrogen-bond acceptors (Lipinski definition) is 2. The Kier molecular flexibility index (Phi) is 2.68. The van der Waals surface area contributed by atoms with Crippen LogP contribution >= 0.6 is 0 Å². The van der Waals surface area contributed by atoms with Gasteiger partial charge in [0.15, 0.2) is 6.29 Å². The zero-order valence-corrected chi connectivity index (χ0v) is 8.35. The molecule has 0 aliphatic heterocycles. The van der Waals surface area contributed by atoms with Crippen LogP contribution in [0.5, 0.6) is 5.75 Å². The maximum absolute atomic E-state index is 12.7. The molecule has 0 aliphatic rings. The molecule has 1 N–H and O–H groups in total. The molecule has 0 unspecified atom stereocenters. The van der Waals surface area contributed by atoms with E-state index in [-0.39, 0.29) is 17.1 Å². The number of rotatable bonds is 2. The van der Waals surface area contributed by atoms with Gasteiger partial charge in [-0.05, 0) is 35.4 Å². The van der Waals surface area contributed by atoms with E-state index in [2.05, 4.69) is 0 Å². The summed E-state index contributed by atoms with van der Waals surface area (Å²) in [6, 6.07) is 10.6. The van der Waals surface area contributed by atoms with Gasteiger partial charge in [0.1, 0.15) is 11.6 Å². The molecule has 0 atom stereocenters. The molecule has 0 saturated heterocycles. The van der Waals surface area contributed by atoms with Gasteiger partial charge in [0.05, 0.1) is 5.56 Å². The number of carbonyl (C=O) groups excluding carboxylic acids is 1. The summed E-state index contributed by atoms with van der Waals surface area (Å²) < 4.78 is 12.7. The fourth-order valence-corrected chi connectivity index (χ4v) is 1.47. The first-order valence-electron chi connectivity index (χ1n) is 4.75. The van der Waals surface area contributed by atoms with Gasteiger partial charge in [-0.2, -0.15) is 0 Å². The summed E-state index contributed by atoms with van der Waals surface area (Å²) in [6.45, 7) is 0. The zero-order chi connectivity index (χ0) is 11.5. The number of aromatic hydroxyl groups is 1. The van der Waals surface area contributed by atoms with E-state index in [1.54, 1.807) is 18.2 Å². The Morgan fingerprint density at radius 2 is 1.62 bits per heavy atom. The first-order valence-corrected chi connectivity index (χ1v) is 4.75. The summed E-state index contributed by atoms with van der Waals surface area (Å²) in [7, 11) is 0. The average Bonchev–Trinajstić information content (AvgIpc) is 2.30. The van der Waals surface area contributed by atoms with Gasteiger partial charge in [-0.1, -0.05) is 18.2 Å². The third-order valence-electron chi connectivity index (χ3n) is 2.33. The number of halogens is 1. The molecule has 2 aromatic carbocycles. The fraction of sp³-hybridized carbons (Fsp3) is 0. The van der Waals surface area contributed by atoms with Crippen molar-refractivity contribution >= 4 is 6.29 Å². The van der Waals surface area contributed by atoms with E-state index in [4.69, 9.17) is 0 Å². The lowest BCUT2D eigenvalue weighted by Crippen LogP contribution is -1.83. The molecule has 0 bridgehead atoms. The second-order valence-corrected chi connectivity index (χ2v) is 3.40. The fourth-order valence-electron chi connectivity index (χ4n) is 1.47. The lowest BCUT2D eigenvalue weighted by molar-refractivity contribution is 0.112. The SMILES string of the molecule is O=Cc1ccc(-c2ccc(F)cc2)cc1O. The van der Waals surface area contributed by atoms with Gasteiger partial charge in [-0.25, -0.2) is 4.39 Å². The van der Waals surface area contributed by atoms with Crippen molar-refractivity contribution in [3.63, 3.8) is 0 Å². The second-order valence-electron chi connectivity index (χ2n) is 3.40. The minimum Gasteiger partial charge on any atom is -0.507 e. The number of hydrogen-bond donors (Lipinski definition) is 1. The van der Waals surface area contributed by atoms with Gasteiger partial charge in [-0.15, -0.1) is 0 Å². The Labute approximate surface area is 92.0 Å². The maximum atomic E-state index is 12.7. The van der Waals surface area contributed by atoms with Crippen molar-refractivity contribution in [1.82, 2.24) is 0 Å². The normalized spacial score (nSPS) is 10.1. The lowest BCUT2D eigenvalue weighted by Gasteiger charge is -2.03. The maximum Gasteiger partial charge on any atom is 0.153 e. The number of aldehydes is 1. The van der Waals surface area contributed by atoms with Crippen LogP contribution in [0.25, 0.3) is 11.1 Å². The molecule has 0 spiro atoms. The molecule has 0 heterocycles. The van der Waals surface area contributed by atoms with Gasteiger partial charge in [0.25, 0.3) is 0 Å². The van der Waals surface area contributed by atoms with Crippen molar-refractivity contribution in [3.8, 4) is 16.9 Å². The molecule has 80 valence electrons. The molecule has 2 aromatic rings. The Hall–Kier alpha value is -2.16. The van der Waals surface area contributed by atoms with E-state index in [1.165, 1.54) is 24.3 Å². The monoisotopic (exact) mass is 216 g/mol. The highest BCUT2D eigenvalue weighted by molar-refractivity contribution is 5.81. The quantitative estimate of drug-likeness (QED) is 0.783. The van der Waals surface area contributed by atoms with Crippen molar-refractivity contribution in [2.24, 2.45) is 0 Å². The van der Waals surface area contributed by atoms with Crippen LogP contribution in [0.15, 0.2) is 42.5 Å². The highest BCUT2D eigenvalue weighted by atomic mass is 19.1. The Bertz CT molecular complexity index is 518. The van der Waals surface area contributed by atoms with E-state index in [1.807, 2.05) is 0 Å². The first-order chi connectivity index (χ1) is 7.70. The van der Waals surface area contributed by atoms with Crippen molar-refractivity contribution in [3.05, 3.63) is 53.8 Å². The van der Waals surface area contributed by atoms with Crippen LogP contribution in [0, 0.1) is 5.82 Å². The smallest absolute Gasteiger partial charge is 0.153 e. The van der Waals surface area contributed by atoms with Crippen molar-refractivity contribution in [2.75, 3.05) is 0 Å². The standard InChI is InChI=1S/C13H9FO2/c14-12-5-3-9(4-6-12)10-1-2-11(8-15)13(16)7-10/h1-8,16H. The molecule has 2 nitrogen and oxygen atoms in total. The lowest BCUT2D eigenvalue weighted by atomic mass is 10.0. The Balaban J connectivity index is 2.45. The van der Waals surface area contributed by atoms with E-state index >= 15 is 0 Å². The zero-order valence-electron chi connectivity index (χ0n) is 8.35. The van der Waals surface area contributed by atoms with Crippen LogP contribution in [-0.4, -0.2) is 11.4 Å². The van der Waals surface area contributed by atoms with Gasteiger partial charge in [0.2, 0.25) is 0 Å². The van der Waals surface area contributed by atoms with Crippen molar-refractivity contribution in [1.29, 1.82) is 0 Å². The molecular formula is C13H9FO2. The summed E-state index contributed by atoms with van der Waals surface area (Å²) in [4.78, 5) is 10.5. The topological polar surface area (TPSA) is 37.3 Å². The minimum absolute atomic E-state index is 0.0724. The highest BCUT2D eigenvalue weighted by Gasteiger charge is 2.03. The van der Waals surface area contributed by atoms with Crippen LogP contribution in [0.1, 0.15) is 10.4 Å². The molecule has 3 heteroatoms. The van der Waals surface area contributed by atoms with Gasteiger partial charge >= 0.3 is 0 Å². The number of phenolic OH excluding ortho intramolecular Hbond substituents is 1. The van der Waals surface area contributed by atoms with Crippen LogP contribution in [0.4, 0.5) is 4.39 Å². The molecule has 0 saturated carbocycles. The number of carbonyl (C=O) groups is 1. The Morgan fingerprint density at radius 1 is 1.00 bits per heavy atom. The summed E-state index contributed by atoms with van der Waals surface area (Å²) in [5.74, 6) is -0.380. The third-order valence-corrected chi connectivity index (χ3v) is 2.33. The predicted octanol–water partition coefficient (Wildman–Crippen LogP) is 3.01. The summed E-state index contributed by atoms with van der Waals surface area (Å²) >= 11 is 0. The summed E-state index contributed by atoms with van der Waals surface area (Å²) in [6.07, 6.45) is 0.587. The largest absolute Gasteiger partial charge is 0.507 e. The molecule has 0 aliphatic carbocycles. The van der Waals surface area contributed by atoms with Gasteiger partial charge in [-0.3, -0.25) is 4.79 Å². The third kappa shape index (κ3) is 1.93. The van der Waals surface area contributed by atoms with Crippen molar-refractivity contribution < 1.29 is 14.3 Å². The first kappa shape index (κ1) is 10.4. The van der Waals surface area contributed by atoms with E-state index in [9.17, 15) is 14.3 Å². The van der Waals surface area contributed by atoms with Crippen LogP contribution in [-0.2, 0) is 0 Å². The minimum atomic E-state index is -0.308. The summed E-state index contributed by atoms with van der Waals surface area (Å²) in [5.41, 5.74) is 1.77. The van der Waals surface area contributed by atoms with Crippen LogP contribution in [0.3, 0.4) is 0 Å². The molecule has 0 amide bonds. The van der Waals surface area contributed by atoms with Gasteiger partial charge in [0, 0.05) is 0 Å². The average molecular weight is 216 g/mol. The number of benzene rings is 2. The highest BCUT2D eigenvalue weighted by Crippen LogP contribution is 2.25. The van der Waals surface area contributed by atoms with E-state index in [0.717, 1.165) is 11.1 Å². The van der Waals surface area contributed by atoms with Gasteiger partial charge < -0.3 is 5.11 Å². The van der Waals surface area contributed by atoms with Crippen molar-refractivity contribution in [2.45, 2.75) is 0 Å². The molecule has 0 radical (unpaired) electrons. The molecular weight excluding hydrogens is 207 g/mol. The molecule has 16 heavy (non-hydrogen) atoms. The van der Waals surface area contributed by atoms with Crippen LogP contribution in [0.2, 0.25) is 0 Å².